The quantitative estimate of drug-likeness (QED) is 0.109. The van der Waals surface area contributed by atoms with Gasteiger partial charge in [-0.05, 0) is 82.8 Å². The first-order valence-electron chi connectivity index (χ1n) is 19.2. The lowest BCUT2D eigenvalue weighted by Gasteiger charge is -2.31. The van der Waals surface area contributed by atoms with Crippen LogP contribution in [0, 0.1) is 5.92 Å². The number of carboxylic acid groups (broad SMARTS) is 1. The average molecular weight is 795 g/mol. The summed E-state index contributed by atoms with van der Waals surface area (Å²) in [4.78, 5) is 65.8. The van der Waals surface area contributed by atoms with Gasteiger partial charge in [0.1, 0.15) is 24.4 Å². The molecule has 13 heteroatoms. The Morgan fingerprint density at radius 1 is 0.789 bits per heavy atom. The minimum atomic E-state index is -1.29. The molecule has 1 fully saturated rings. The number of aliphatic carboxylic acids is 1. The van der Waals surface area contributed by atoms with Gasteiger partial charge in [-0.15, -0.1) is 0 Å². The van der Waals surface area contributed by atoms with E-state index >= 15 is 0 Å². The highest BCUT2D eigenvalue weighted by atomic mass is 35.5. The van der Waals surface area contributed by atoms with Gasteiger partial charge in [0.2, 0.25) is 11.8 Å². The van der Waals surface area contributed by atoms with Gasteiger partial charge in [-0.2, -0.15) is 0 Å². The van der Waals surface area contributed by atoms with Crippen LogP contribution < -0.4 is 20.7 Å². The number of piperidine rings is 1. The second-order valence-electron chi connectivity index (χ2n) is 14.9. The predicted octanol–water partition coefficient (Wildman–Crippen LogP) is 6.73. The predicted molar refractivity (Wildman–Crippen MR) is 215 cm³/mol. The number of likely N-dealkylation sites (tertiary alicyclic amines) is 1. The molecule has 4 N–H and O–H groups in total. The number of nitrogens with one attached hydrogen (secondary N) is 3. The molecule has 4 amide bonds. The minimum Gasteiger partial charge on any atom is -0.480 e. The molecule has 0 aromatic heterocycles. The number of carbonyl (C=O) groups is 5. The van der Waals surface area contributed by atoms with Crippen molar-refractivity contribution in [2.75, 3.05) is 19.7 Å². The average Bonchev–Trinajstić information content (AvgIpc) is 3.51. The van der Waals surface area contributed by atoms with Crippen molar-refractivity contribution in [3.8, 4) is 16.9 Å². The molecule has 6 rings (SSSR count). The van der Waals surface area contributed by atoms with Crippen LogP contribution in [0.1, 0.15) is 61.3 Å². The largest absolute Gasteiger partial charge is 0.480 e. The molecule has 1 aliphatic carbocycles. The molecule has 2 atom stereocenters. The fraction of sp³-hybridized carbons (Fsp3) is 0.341. The zero-order chi connectivity index (χ0) is 40.5. The van der Waals surface area contributed by atoms with Crippen molar-refractivity contribution in [1.29, 1.82) is 0 Å². The van der Waals surface area contributed by atoms with E-state index in [-0.39, 0.29) is 55.4 Å². The van der Waals surface area contributed by atoms with E-state index in [1.807, 2.05) is 74.5 Å². The molecule has 0 spiro atoms. The van der Waals surface area contributed by atoms with E-state index < -0.39 is 36.1 Å². The molecule has 12 nitrogen and oxygen atoms in total. The summed E-state index contributed by atoms with van der Waals surface area (Å²) in [6.45, 7) is 4.70. The molecule has 1 saturated heterocycles. The van der Waals surface area contributed by atoms with E-state index in [1.54, 1.807) is 41.3 Å². The summed E-state index contributed by atoms with van der Waals surface area (Å²) in [5.74, 6) is -1.85. The molecule has 1 heterocycles. The van der Waals surface area contributed by atoms with Gasteiger partial charge in [0.15, 0.2) is 0 Å². The molecule has 0 unspecified atom stereocenters. The number of nitrogens with zero attached hydrogens (tertiary/aromatic N) is 1. The summed E-state index contributed by atoms with van der Waals surface area (Å²) < 4.78 is 11.2. The third-order valence-corrected chi connectivity index (χ3v) is 10.5. The monoisotopic (exact) mass is 794 g/mol. The first kappa shape index (κ1) is 40.8. The maximum atomic E-state index is 13.5. The lowest BCUT2D eigenvalue weighted by molar-refractivity contribution is -0.142. The van der Waals surface area contributed by atoms with Crippen molar-refractivity contribution < 1.29 is 38.6 Å². The molecular formula is C44H47ClN4O8. The normalized spacial score (nSPS) is 14.8. The highest BCUT2D eigenvalue weighted by Gasteiger charge is 2.31. The summed E-state index contributed by atoms with van der Waals surface area (Å²) >= 11 is 5.93. The summed E-state index contributed by atoms with van der Waals surface area (Å²) in [7, 11) is 0. The van der Waals surface area contributed by atoms with Crippen LogP contribution in [-0.2, 0) is 32.0 Å². The lowest BCUT2D eigenvalue weighted by Crippen LogP contribution is -2.52. The Morgan fingerprint density at radius 2 is 1.39 bits per heavy atom. The van der Waals surface area contributed by atoms with Gasteiger partial charge in [-0.1, -0.05) is 98.2 Å². The van der Waals surface area contributed by atoms with Crippen LogP contribution in [0.25, 0.3) is 11.1 Å². The fourth-order valence-corrected chi connectivity index (χ4v) is 7.45. The van der Waals surface area contributed by atoms with Gasteiger partial charge in [0, 0.05) is 36.5 Å². The Labute approximate surface area is 336 Å². The van der Waals surface area contributed by atoms with Gasteiger partial charge in [-0.25, -0.2) is 14.4 Å². The van der Waals surface area contributed by atoms with Crippen molar-refractivity contribution >= 4 is 41.6 Å². The van der Waals surface area contributed by atoms with Crippen molar-refractivity contribution in [3.05, 3.63) is 124 Å². The number of rotatable bonds is 14. The first-order chi connectivity index (χ1) is 27.4. The Balaban J connectivity index is 0.968. The topological polar surface area (TPSA) is 163 Å². The molecule has 2 aliphatic rings. The summed E-state index contributed by atoms with van der Waals surface area (Å²) in [5.41, 5.74) is 5.76. The minimum absolute atomic E-state index is 0.00570. The van der Waals surface area contributed by atoms with E-state index in [0.29, 0.717) is 36.5 Å². The smallest absolute Gasteiger partial charge is 0.415 e. The van der Waals surface area contributed by atoms with Gasteiger partial charge < -0.3 is 35.4 Å². The SMILES string of the molecule is CC(C)C[C@H](NC(=O)OCC1c2ccccc2-c2ccccc21)C(=O)N[C@@H](Cc1ccc(OC(=O)N2CCC(NC(=O)Cc3ccc(Cl)cc3)CC2)cc1)C(=O)O. The van der Waals surface area contributed by atoms with E-state index in [0.717, 1.165) is 27.8 Å². The number of ether oxygens (including phenoxy) is 2. The number of alkyl carbamates (subject to hydrolysis) is 1. The number of benzene rings is 4. The Morgan fingerprint density at radius 3 is 1.98 bits per heavy atom. The number of carbonyl (C=O) groups excluding carboxylic acids is 4. The third kappa shape index (κ3) is 10.9. The number of amides is 4. The standard InChI is InChI=1S/C44H47ClN4O8/c1-27(2)23-38(48-43(54)56-26-37-35-9-5-3-7-33(35)34-8-4-6-10-36(34)37)41(51)47-39(42(52)53)24-28-13-17-32(18-14-28)57-44(55)49-21-19-31(20-22-49)46-40(50)25-29-11-15-30(45)16-12-29/h3-18,27,31,37-39H,19-26H2,1-2H3,(H,46,50)(H,47,51)(H,48,54)(H,52,53)/t38-,39-/m0/s1. The van der Waals surface area contributed by atoms with Crippen LogP contribution in [0.15, 0.2) is 97.1 Å². The molecule has 0 radical (unpaired) electrons. The third-order valence-electron chi connectivity index (χ3n) is 10.2. The number of hydrogen-bond acceptors (Lipinski definition) is 7. The Hall–Kier alpha value is -5.88. The summed E-state index contributed by atoms with van der Waals surface area (Å²) in [5, 5.41) is 18.9. The summed E-state index contributed by atoms with van der Waals surface area (Å²) in [6.07, 6.45) is 0.337. The number of carboxylic acids is 1. The van der Waals surface area contributed by atoms with Crippen LogP contribution in [0.3, 0.4) is 0 Å². The van der Waals surface area contributed by atoms with Crippen molar-refractivity contribution in [2.24, 2.45) is 5.92 Å². The van der Waals surface area contributed by atoms with Gasteiger partial charge in [0.25, 0.3) is 0 Å². The molecule has 298 valence electrons. The van der Waals surface area contributed by atoms with Crippen LogP contribution in [0.5, 0.6) is 5.75 Å². The zero-order valence-corrected chi connectivity index (χ0v) is 32.7. The Kier molecular flexibility index (Phi) is 13.5. The number of halogens is 1. The maximum absolute atomic E-state index is 13.5. The molecule has 4 aromatic rings. The van der Waals surface area contributed by atoms with Crippen molar-refractivity contribution in [1.82, 2.24) is 20.9 Å². The zero-order valence-electron chi connectivity index (χ0n) is 31.9. The molecule has 1 aliphatic heterocycles. The van der Waals surface area contributed by atoms with Crippen LogP contribution in [0.4, 0.5) is 9.59 Å². The van der Waals surface area contributed by atoms with Gasteiger partial charge in [0.05, 0.1) is 6.42 Å². The Bertz CT molecular complexity index is 2020. The molecule has 4 aromatic carbocycles. The van der Waals surface area contributed by atoms with Gasteiger partial charge >= 0.3 is 18.2 Å². The number of hydrogen-bond donors (Lipinski definition) is 4. The number of fused-ring (bicyclic) bond motifs is 3. The summed E-state index contributed by atoms with van der Waals surface area (Å²) in [6, 6.07) is 27.1. The van der Waals surface area contributed by atoms with Crippen LogP contribution in [0.2, 0.25) is 5.02 Å². The van der Waals surface area contributed by atoms with Crippen LogP contribution in [-0.4, -0.2) is 77.8 Å². The van der Waals surface area contributed by atoms with Crippen molar-refractivity contribution in [2.45, 2.75) is 70.0 Å². The molecular weight excluding hydrogens is 748 g/mol. The second-order valence-corrected chi connectivity index (χ2v) is 15.3. The molecule has 0 saturated carbocycles. The van der Waals surface area contributed by atoms with Crippen LogP contribution >= 0.6 is 11.6 Å². The van der Waals surface area contributed by atoms with E-state index in [9.17, 15) is 29.1 Å². The first-order valence-corrected chi connectivity index (χ1v) is 19.6. The van der Waals surface area contributed by atoms with Gasteiger partial charge in [-0.3, -0.25) is 9.59 Å². The highest BCUT2D eigenvalue weighted by molar-refractivity contribution is 6.30. The van der Waals surface area contributed by atoms with E-state index in [1.165, 1.54) is 0 Å². The van der Waals surface area contributed by atoms with E-state index in [4.69, 9.17) is 21.1 Å². The molecule has 57 heavy (non-hydrogen) atoms. The molecule has 0 bridgehead atoms. The van der Waals surface area contributed by atoms with Crippen molar-refractivity contribution in [3.63, 3.8) is 0 Å². The fourth-order valence-electron chi connectivity index (χ4n) is 7.33. The maximum Gasteiger partial charge on any atom is 0.415 e. The lowest BCUT2D eigenvalue weighted by atomic mass is 9.98. The second kappa shape index (κ2) is 18.8. The highest BCUT2D eigenvalue weighted by Crippen LogP contribution is 2.44. The van der Waals surface area contributed by atoms with E-state index in [2.05, 4.69) is 16.0 Å².